The molecule has 20 heavy (non-hydrogen) atoms. The van der Waals surface area contributed by atoms with E-state index in [2.05, 4.69) is 39.9 Å². The van der Waals surface area contributed by atoms with Crippen molar-refractivity contribution in [3.63, 3.8) is 0 Å². The molecule has 1 atom stereocenters. The van der Waals surface area contributed by atoms with Gasteiger partial charge in [0.1, 0.15) is 0 Å². The molecule has 0 aliphatic carbocycles. The molecule has 0 saturated carbocycles. The second-order valence-corrected chi connectivity index (χ2v) is 6.43. The third kappa shape index (κ3) is 3.23. The molecule has 1 fully saturated rings. The lowest BCUT2D eigenvalue weighted by Gasteiger charge is -2.45. The van der Waals surface area contributed by atoms with Crippen LogP contribution in [-0.2, 0) is 10.3 Å². The van der Waals surface area contributed by atoms with Gasteiger partial charge in [-0.2, -0.15) is 0 Å². The number of nitrogens with zero attached hydrogens (tertiary/aromatic N) is 1. The van der Waals surface area contributed by atoms with Crippen LogP contribution in [0.3, 0.4) is 0 Å². The van der Waals surface area contributed by atoms with Crippen LogP contribution >= 0.6 is 15.9 Å². The van der Waals surface area contributed by atoms with Gasteiger partial charge in [-0.1, -0.05) is 41.4 Å². The lowest BCUT2D eigenvalue weighted by Crippen LogP contribution is -2.49. The molecule has 1 aliphatic heterocycles. The molecule has 1 unspecified atom stereocenters. The predicted molar refractivity (Wildman–Crippen MR) is 83.8 cm³/mol. The van der Waals surface area contributed by atoms with Crippen LogP contribution in [-0.4, -0.2) is 29.1 Å². The molecule has 0 radical (unpaired) electrons. The lowest BCUT2D eigenvalue weighted by molar-refractivity contribution is -0.141. The van der Waals surface area contributed by atoms with Crippen molar-refractivity contribution < 1.29 is 9.90 Å². The number of halogens is 1. The molecule has 1 saturated heterocycles. The van der Waals surface area contributed by atoms with Crippen LogP contribution in [0, 0.1) is 0 Å². The Bertz CT molecular complexity index is 454. The van der Waals surface area contributed by atoms with E-state index >= 15 is 0 Å². The Labute approximate surface area is 129 Å². The number of benzene rings is 1. The number of rotatable bonds is 5. The van der Waals surface area contributed by atoms with Gasteiger partial charge in [-0.15, -0.1) is 0 Å². The van der Waals surface area contributed by atoms with Gasteiger partial charge in [-0.25, -0.2) is 0 Å². The summed E-state index contributed by atoms with van der Waals surface area (Å²) in [5.41, 5.74) is 0.750. The maximum atomic E-state index is 11.4. The summed E-state index contributed by atoms with van der Waals surface area (Å²) in [5.74, 6) is -0.722. The summed E-state index contributed by atoms with van der Waals surface area (Å²) >= 11 is 3.45. The molecule has 1 N–H and O–H groups in total. The van der Waals surface area contributed by atoms with Gasteiger partial charge in [0.25, 0.3) is 0 Å². The third-order valence-corrected chi connectivity index (χ3v) is 4.90. The van der Waals surface area contributed by atoms with Crippen molar-refractivity contribution in [1.82, 2.24) is 4.90 Å². The second-order valence-electron chi connectivity index (χ2n) is 5.51. The molecule has 1 aromatic rings. The number of hydrogen-bond donors (Lipinski definition) is 1. The van der Waals surface area contributed by atoms with Gasteiger partial charge in [-0.3, -0.25) is 9.69 Å². The zero-order valence-electron chi connectivity index (χ0n) is 11.9. The van der Waals surface area contributed by atoms with E-state index in [4.69, 9.17) is 0 Å². The van der Waals surface area contributed by atoms with Crippen molar-refractivity contribution in [2.75, 3.05) is 13.1 Å². The third-order valence-electron chi connectivity index (χ3n) is 4.37. The number of carbonyl (C=O) groups is 1. The Hall–Kier alpha value is -0.870. The molecular weight excluding hydrogens is 318 g/mol. The first kappa shape index (κ1) is 15.5. The van der Waals surface area contributed by atoms with E-state index in [0.717, 1.165) is 42.4 Å². The number of aliphatic carboxylic acids is 1. The largest absolute Gasteiger partial charge is 0.481 e. The van der Waals surface area contributed by atoms with Crippen molar-refractivity contribution in [3.05, 3.63) is 34.3 Å². The number of carboxylic acids is 1. The van der Waals surface area contributed by atoms with Gasteiger partial charge in [0.2, 0.25) is 0 Å². The first-order valence-electron chi connectivity index (χ1n) is 7.31. The summed E-state index contributed by atoms with van der Waals surface area (Å²) in [6, 6.07) is 8.13. The minimum Gasteiger partial charge on any atom is -0.481 e. The standard InChI is InChI=1S/C16H22BrNO2/c1-2-16(12-15(19)20,18-10-4-3-5-11-18)13-6-8-14(17)9-7-13/h6-9H,2-5,10-12H2,1H3,(H,19,20). The number of piperidine rings is 1. The summed E-state index contributed by atoms with van der Waals surface area (Å²) in [5, 5.41) is 9.39. The fraction of sp³-hybridized carbons (Fsp3) is 0.562. The van der Waals surface area contributed by atoms with Gasteiger partial charge in [0.05, 0.1) is 12.0 Å². The topological polar surface area (TPSA) is 40.5 Å². The summed E-state index contributed by atoms with van der Waals surface area (Å²) in [4.78, 5) is 13.8. The van der Waals surface area contributed by atoms with Crippen molar-refractivity contribution >= 4 is 21.9 Å². The van der Waals surface area contributed by atoms with E-state index in [-0.39, 0.29) is 12.0 Å². The number of hydrogen-bond acceptors (Lipinski definition) is 2. The van der Waals surface area contributed by atoms with Crippen LogP contribution in [0.2, 0.25) is 0 Å². The van der Waals surface area contributed by atoms with Crippen molar-refractivity contribution in [2.24, 2.45) is 0 Å². The van der Waals surface area contributed by atoms with E-state index in [1.165, 1.54) is 6.42 Å². The molecule has 3 nitrogen and oxygen atoms in total. The molecule has 4 heteroatoms. The molecule has 0 bridgehead atoms. The first-order valence-corrected chi connectivity index (χ1v) is 8.10. The highest BCUT2D eigenvalue weighted by atomic mass is 79.9. The van der Waals surface area contributed by atoms with Crippen LogP contribution in [0.15, 0.2) is 28.7 Å². The highest BCUT2D eigenvalue weighted by Crippen LogP contribution is 2.38. The minimum atomic E-state index is -0.722. The average molecular weight is 340 g/mol. The first-order chi connectivity index (χ1) is 9.58. The zero-order valence-corrected chi connectivity index (χ0v) is 13.5. The van der Waals surface area contributed by atoms with Crippen LogP contribution in [0.25, 0.3) is 0 Å². The van der Waals surface area contributed by atoms with Crippen LogP contribution < -0.4 is 0 Å². The van der Waals surface area contributed by atoms with Crippen LogP contribution in [0.4, 0.5) is 0 Å². The maximum Gasteiger partial charge on any atom is 0.305 e. The monoisotopic (exact) mass is 339 g/mol. The molecule has 0 amide bonds. The molecule has 0 spiro atoms. The molecule has 1 heterocycles. The number of carboxylic acid groups (broad SMARTS) is 1. The van der Waals surface area contributed by atoms with E-state index in [9.17, 15) is 9.90 Å². The van der Waals surface area contributed by atoms with E-state index < -0.39 is 5.97 Å². The molecular formula is C16H22BrNO2. The normalized spacial score (nSPS) is 19.5. The smallest absolute Gasteiger partial charge is 0.305 e. The van der Waals surface area contributed by atoms with Gasteiger partial charge in [0.15, 0.2) is 0 Å². The molecule has 1 aliphatic rings. The van der Waals surface area contributed by atoms with Crippen molar-refractivity contribution in [2.45, 2.75) is 44.6 Å². The van der Waals surface area contributed by atoms with Gasteiger partial charge in [-0.05, 0) is 50.0 Å². The molecule has 0 aromatic heterocycles. The Balaban J connectivity index is 2.39. The molecule has 2 rings (SSSR count). The fourth-order valence-electron chi connectivity index (χ4n) is 3.28. The highest BCUT2D eigenvalue weighted by Gasteiger charge is 2.39. The molecule has 110 valence electrons. The van der Waals surface area contributed by atoms with Crippen molar-refractivity contribution in [3.8, 4) is 0 Å². The summed E-state index contributed by atoms with van der Waals surface area (Å²) in [6.07, 6.45) is 4.57. The van der Waals surface area contributed by atoms with Gasteiger partial charge in [0, 0.05) is 4.47 Å². The lowest BCUT2D eigenvalue weighted by atomic mass is 9.81. The summed E-state index contributed by atoms with van der Waals surface area (Å²) in [6.45, 7) is 4.09. The average Bonchev–Trinajstić information content (AvgIpc) is 2.46. The van der Waals surface area contributed by atoms with E-state index in [1.54, 1.807) is 0 Å². The zero-order chi connectivity index (χ0) is 14.6. The Morgan fingerprint density at radius 1 is 1.25 bits per heavy atom. The molecule has 1 aromatic carbocycles. The Kier molecular flexibility index (Phi) is 5.22. The Morgan fingerprint density at radius 2 is 1.85 bits per heavy atom. The summed E-state index contributed by atoms with van der Waals surface area (Å²) < 4.78 is 1.03. The van der Waals surface area contributed by atoms with E-state index in [0.29, 0.717) is 0 Å². The van der Waals surface area contributed by atoms with Crippen molar-refractivity contribution in [1.29, 1.82) is 0 Å². The fourth-order valence-corrected chi connectivity index (χ4v) is 3.55. The van der Waals surface area contributed by atoms with E-state index in [1.807, 2.05) is 12.1 Å². The highest BCUT2D eigenvalue weighted by molar-refractivity contribution is 9.10. The SMILES string of the molecule is CCC(CC(=O)O)(c1ccc(Br)cc1)N1CCCCC1. The minimum absolute atomic E-state index is 0.172. The Morgan fingerprint density at radius 3 is 2.35 bits per heavy atom. The summed E-state index contributed by atoms with van der Waals surface area (Å²) in [7, 11) is 0. The predicted octanol–water partition coefficient (Wildman–Crippen LogP) is 4.02. The quantitative estimate of drug-likeness (QED) is 0.880. The van der Waals surface area contributed by atoms with Gasteiger partial charge < -0.3 is 5.11 Å². The van der Waals surface area contributed by atoms with Crippen LogP contribution in [0.5, 0.6) is 0 Å². The van der Waals surface area contributed by atoms with Crippen LogP contribution in [0.1, 0.15) is 44.6 Å². The van der Waals surface area contributed by atoms with Gasteiger partial charge >= 0.3 is 5.97 Å². The second kappa shape index (κ2) is 6.72. The maximum absolute atomic E-state index is 11.4. The number of likely N-dealkylation sites (tertiary alicyclic amines) is 1.